The average Bonchev–Trinajstić information content (AvgIpc) is 2.83. The van der Waals surface area contributed by atoms with Gasteiger partial charge >= 0.3 is 0 Å². The number of anilines is 1. The number of halogens is 1. The molecule has 1 aromatic rings. The summed E-state index contributed by atoms with van der Waals surface area (Å²) in [6.07, 6.45) is 1.31. The quantitative estimate of drug-likeness (QED) is 0.862. The Kier molecular flexibility index (Phi) is 3.88. The topological polar surface area (TPSA) is 48.8 Å². The molecule has 6 heteroatoms. The first-order valence-electron chi connectivity index (χ1n) is 6.60. The molecule has 2 fully saturated rings. The maximum Gasteiger partial charge on any atom is 0.128 e. The summed E-state index contributed by atoms with van der Waals surface area (Å²) in [4.78, 5) is 8.74. The third-order valence-electron chi connectivity index (χ3n) is 3.81. The number of hydrogen-bond acceptors (Lipinski definition) is 5. The number of aliphatic hydroxyl groups is 1. The standard InChI is InChI=1S/C13H18ClN3O2/c14-10-1-2-13(15-7-10)17-8-11(12(18)9-17)16-3-5-19-6-4-16/h1-2,7,11-12,18H,3-6,8-9H2/t11-,12-/m0/s1. The Labute approximate surface area is 117 Å². The Morgan fingerprint density at radius 1 is 1.26 bits per heavy atom. The molecule has 3 heterocycles. The van der Waals surface area contributed by atoms with Gasteiger partial charge in [0.25, 0.3) is 0 Å². The highest BCUT2D eigenvalue weighted by molar-refractivity contribution is 6.30. The minimum Gasteiger partial charge on any atom is -0.390 e. The summed E-state index contributed by atoms with van der Waals surface area (Å²) in [5.41, 5.74) is 0. The van der Waals surface area contributed by atoms with Crippen LogP contribution in [0.4, 0.5) is 5.82 Å². The number of morpholine rings is 1. The van der Waals surface area contributed by atoms with Crippen molar-refractivity contribution in [2.24, 2.45) is 0 Å². The van der Waals surface area contributed by atoms with Crippen LogP contribution in [-0.4, -0.2) is 66.5 Å². The van der Waals surface area contributed by atoms with Gasteiger partial charge in [-0.15, -0.1) is 0 Å². The predicted molar refractivity (Wildman–Crippen MR) is 73.6 cm³/mol. The highest BCUT2D eigenvalue weighted by Crippen LogP contribution is 2.23. The van der Waals surface area contributed by atoms with Crippen LogP contribution in [0.1, 0.15) is 0 Å². The van der Waals surface area contributed by atoms with Gasteiger partial charge in [-0.2, -0.15) is 0 Å². The van der Waals surface area contributed by atoms with Gasteiger partial charge in [0.2, 0.25) is 0 Å². The van der Waals surface area contributed by atoms with E-state index in [4.69, 9.17) is 16.3 Å². The lowest BCUT2D eigenvalue weighted by atomic mass is 10.2. The van der Waals surface area contributed by atoms with Crippen molar-refractivity contribution in [3.8, 4) is 0 Å². The zero-order chi connectivity index (χ0) is 13.2. The molecule has 0 aliphatic carbocycles. The Bertz CT molecular complexity index is 422. The average molecular weight is 284 g/mol. The lowest BCUT2D eigenvalue weighted by Gasteiger charge is -2.33. The maximum atomic E-state index is 10.2. The van der Waals surface area contributed by atoms with Crippen molar-refractivity contribution in [1.29, 1.82) is 0 Å². The molecule has 5 nitrogen and oxygen atoms in total. The molecule has 0 radical (unpaired) electrons. The van der Waals surface area contributed by atoms with Crippen molar-refractivity contribution in [3.63, 3.8) is 0 Å². The Morgan fingerprint density at radius 2 is 2.05 bits per heavy atom. The van der Waals surface area contributed by atoms with E-state index in [1.54, 1.807) is 6.20 Å². The summed E-state index contributed by atoms with van der Waals surface area (Å²) in [7, 11) is 0. The molecule has 1 aromatic heterocycles. The molecule has 19 heavy (non-hydrogen) atoms. The van der Waals surface area contributed by atoms with Gasteiger partial charge in [-0.3, -0.25) is 4.90 Å². The normalized spacial score (nSPS) is 28.8. The number of ether oxygens (including phenoxy) is 1. The molecule has 0 spiro atoms. The molecule has 2 aliphatic rings. The minimum absolute atomic E-state index is 0.168. The Hall–Kier alpha value is -0.880. The van der Waals surface area contributed by atoms with E-state index in [1.807, 2.05) is 12.1 Å². The van der Waals surface area contributed by atoms with E-state index in [0.29, 0.717) is 11.6 Å². The van der Waals surface area contributed by atoms with Gasteiger partial charge in [0.05, 0.1) is 30.4 Å². The second kappa shape index (κ2) is 5.63. The van der Waals surface area contributed by atoms with Gasteiger partial charge in [-0.05, 0) is 12.1 Å². The third-order valence-corrected chi connectivity index (χ3v) is 4.03. The number of aliphatic hydroxyl groups excluding tert-OH is 1. The summed E-state index contributed by atoms with van der Waals surface area (Å²) in [6, 6.07) is 3.90. The highest BCUT2D eigenvalue weighted by atomic mass is 35.5. The lowest BCUT2D eigenvalue weighted by molar-refractivity contribution is -0.00588. The van der Waals surface area contributed by atoms with E-state index in [0.717, 1.165) is 38.7 Å². The number of nitrogens with zero attached hydrogens (tertiary/aromatic N) is 3. The fourth-order valence-corrected chi connectivity index (χ4v) is 2.89. The summed E-state index contributed by atoms with van der Waals surface area (Å²) in [6.45, 7) is 4.71. The SMILES string of the molecule is O[C@H]1CN(c2ccc(Cl)cn2)C[C@@H]1N1CCOCC1. The number of aromatic nitrogens is 1. The van der Waals surface area contributed by atoms with Crippen molar-refractivity contribution < 1.29 is 9.84 Å². The summed E-state index contributed by atoms with van der Waals surface area (Å²) < 4.78 is 5.36. The molecule has 1 N–H and O–H groups in total. The van der Waals surface area contributed by atoms with Crippen LogP contribution in [-0.2, 0) is 4.74 Å². The van der Waals surface area contributed by atoms with Crippen molar-refractivity contribution in [1.82, 2.24) is 9.88 Å². The molecule has 0 aromatic carbocycles. The zero-order valence-electron chi connectivity index (χ0n) is 10.7. The number of rotatable bonds is 2. The second-order valence-corrected chi connectivity index (χ2v) is 5.46. The van der Waals surface area contributed by atoms with E-state index in [9.17, 15) is 5.11 Å². The Morgan fingerprint density at radius 3 is 2.74 bits per heavy atom. The van der Waals surface area contributed by atoms with E-state index >= 15 is 0 Å². The second-order valence-electron chi connectivity index (χ2n) is 5.02. The van der Waals surface area contributed by atoms with Crippen molar-refractivity contribution in [3.05, 3.63) is 23.4 Å². The van der Waals surface area contributed by atoms with Crippen LogP contribution in [0.25, 0.3) is 0 Å². The first-order valence-corrected chi connectivity index (χ1v) is 6.98. The molecule has 2 saturated heterocycles. The molecule has 0 bridgehead atoms. The first-order chi connectivity index (χ1) is 9.24. The van der Waals surface area contributed by atoms with E-state index < -0.39 is 0 Å². The van der Waals surface area contributed by atoms with Crippen LogP contribution in [0.3, 0.4) is 0 Å². The maximum absolute atomic E-state index is 10.2. The summed E-state index contributed by atoms with van der Waals surface area (Å²) in [5, 5.41) is 10.9. The summed E-state index contributed by atoms with van der Waals surface area (Å²) >= 11 is 5.84. The highest BCUT2D eigenvalue weighted by Gasteiger charge is 2.36. The van der Waals surface area contributed by atoms with Crippen molar-refractivity contribution in [2.45, 2.75) is 12.1 Å². The molecule has 0 saturated carbocycles. The van der Waals surface area contributed by atoms with Crippen LogP contribution in [0.15, 0.2) is 18.3 Å². The van der Waals surface area contributed by atoms with Crippen molar-refractivity contribution >= 4 is 17.4 Å². The molecule has 104 valence electrons. The van der Waals surface area contributed by atoms with Gasteiger partial charge in [-0.25, -0.2) is 4.98 Å². The number of pyridine rings is 1. The van der Waals surface area contributed by atoms with Crippen molar-refractivity contribution in [2.75, 3.05) is 44.3 Å². The van der Waals surface area contributed by atoms with E-state index in [-0.39, 0.29) is 12.1 Å². The molecular formula is C13H18ClN3O2. The number of hydrogen-bond donors (Lipinski definition) is 1. The van der Waals surface area contributed by atoms with Gasteiger partial charge < -0.3 is 14.7 Å². The molecular weight excluding hydrogens is 266 g/mol. The van der Waals surface area contributed by atoms with Gasteiger partial charge in [0.1, 0.15) is 5.82 Å². The van der Waals surface area contributed by atoms with Crippen LogP contribution in [0, 0.1) is 0 Å². The summed E-state index contributed by atoms with van der Waals surface area (Å²) in [5.74, 6) is 0.874. The fraction of sp³-hybridized carbons (Fsp3) is 0.615. The van der Waals surface area contributed by atoms with Gasteiger partial charge in [-0.1, -0.05) is 11.6 Å². The number of β-amino-alcohol motifs (C(OH)–C–C–N with tert-alkyl or cyclic N) is 1. The monoisotopic (exact) mass is 283 g/mol. The zero-order valence-corrected chi connectivity index (χ0v) is 11.5. The van der Waals surface area contributed by atoms with E-state index in [2.05, 4.69) is 14.8 Å². The molecule has 0 amide bonds. The first kappa shape index (κ1) is 13.1. The third kappa shape index (κ3) is 2.84. The molecule has 0 unspecified atom stereocenters. The smallest absolute Gasteiger partial charge is 0.128 e. The van der Waals surface area contributed by atoms with Crippen LogP contribution >= 0.6 is 11.6 Å². The van der Waals surface area contributed by atoms with E-state index in [1.165, 1.54) is 0 Å². The minimum atomic E-state index is -0.337. The fourth-order valence-electron chi connectivity index (χ4n) is 2.78. The van der Waals surface area contributed by atoms with Crippen LogP contribution in [0.2, 0.25) is 5.02 Å². The lowest BCUT2D eigenvalue weighted by Crippen LogP contribution is -2.48. The van der Waals surface area contributed by atoms with Gasteiger partial charge in [0.15, 0.2) is 0 Å². The van der Waals surface area contributed by atoms with Gasteiger partial charge in [0, 0.05) is 32.4 Å². The largest absolute Gasteiger partial charge is 0.390 e. The van der Waals surface area contributed by atoms with Crippen LogP contribution in [0.5, 0.6) is 0 Å². The predicted octanol–water partition coefficient (Wildman–Crippen LogP) is 0.617. The molecule has 2 aliphatic heterocycles. The van der Waals surface area contributed by atoms with Crippen LogP contribution < -0.4 is 4.90 Å². The Balaban J connectivity index is 1.68. The molecule has 2 atom stereocenters. The molecule has 3 rings (SSSR count).